The lowest BCUT2D eigenvalue weighted by molar-refractivity contribution is 0.0951. The van der Waals surface area contributed by atoms with Gasteiger partial charge in [0.25, 0.3) is 5.91 Å². The lowest BCUT2D eigenvalue weighted by atomic mass is 10.1. The first-order valence-corrected chi connectivity index (χ1v) is 11.8. The first-order valence-electron chi connectivity index (χ1n) is 11.8. The Morgan fingerprint density at radius 1 is 0.879 bits per heavy atom. The number of nitrogens with one attached hydrogen (secondary N) is 2. The van der Waals surface area contributed by atoms with Gasteiger partial charge in [0.05, 0.1) is 0 Å². The number of amides is 1. The molecule has 0 atom stereocenters. The van der Waals surface area contributed by atoms with Gasteiger partial charge in [-0.3, -0.25) is 9.78 Å². The largest absolute Gasteiger partial charge is 0.355 e. The van der Waals surface area contributed by atoms with E-state index in [1.165, 1.54) is 32.4 Å². The molecule has 5 nitrogen and oxygen atoms in total. The average Bonchev–Trinajstić information content (AvgIpc) is 2.87. The molecular formula is C28H32N4O. The third-order valence-corrected chi connectivity index (χ3v) is 5.86. The number of benzene rings is 2. The number of pyridine rings is 1. The second-order valence-corrected chi connectivity index (χ2v) is 8.46. The van der Waals surface area contributed by atoms with E-state index in [1.54, 1.807) is 12.4 Å². The van der Waals surface area contributed by atoms with Crippen molar-refractivity contribution in [2.45, 2.75) is 25.7 Å². The van der Waals surface area contributed by atoms with Crippen LogP contribution in [0.15, 0.2) is 73.1 Å². The zero-order valence-electron chi connectivity index (χ0n) is 19.0. The van der Waals surface area contributed by atoms with Crippen LogP contribution in [0.5, 0.6) is 0 Å². The summed E-state index contributed by atoms with van der Waals surface area (Å²) in [5, 5.41) is 6.48. The Morgan fingerprint density at radius 2 is 1.61 bits per heavy atom. The van der Waals surface area contributed by atoms with Crippen molar-refractivity contribution >= 4 is 29.4 Å². The first kappa shape index (κ1) is 22.7. The first-order chi connectivity index (χ1) is 16.3. The lowest BCUT2D eigenvalue weighted by Gasteiger charge is -2.26. The molecule has 1 aromatic heterocycles. The molecule has 1 saturated heterocycles. The highest BCUT2D eigenvalue weighted by Gasteiger charge is 2.10. The molecule has 0 radical (unpaired) electrons. The molecule has 0 unspecified atom stereocenters. The Kier molecular flexibility index (Phi) is 8.25. The fraction of sp³-hybridized carbons (Fsp3) is 0.286. The molecular weight excluding hydrogens is 408 g/mol. The van der Waals surface area contributed by atoms with E-state index in [2.05, 4.69) is 44.8 Å². The number of likely N-dealkylation sites (tertiary alicyclic amines) is 1. The molecule has 1 aliphatic heterocycles. The van der Waals surface area contributed by atoms with Gasteiger partial charge < -0.3 is 15.5 Å². The highest BCUT2D eigenvalue weighted by atomic mass is 16.1. The highest BCUT2D eigenvalue weighted by molar-refractivity contribution is 5.95. The van der Waals surface area contributed by atoms with Crippen LogP contribution in [0.1, 0.15) is 47.2 Å². The van der Waals surface area contributed by atoms with Crippen LogP contribution in [0, 0.1) is 0 Å². The lowest BCUT2D eigenvalue weighted by Crippen LogP contribution is -2.33. The normalized spacial score (nSPS) is 14.3. The number of hydrogen-bond donors (Lipinski definition) is 2. The quantitative estimate of drug-likeness (QED) is 0.425. The van der Waals surface area contributed by atoms with Gasteiger partial charge in [0.1, 0.15) is 0 Å². The van der Waals surface area contributed by atoms with Gasteiger partial charge in [-0.25, -0.2) is 0 Å². The molecule has 2 heterocycles. The number of carbonyl (C=O) groups is 1. The van der Waals surface area contributed by atoms with Gasteiger partial charge in [-0.15, -0.1) is 0 Å². The van der Waals surface area contributed by atoms with Crippen molar-refractivity contribution in [2.75, 3.05) is 31.5 Å². The molecule has 2 aromatic carbocycles. The molecule has 3 aromatic rings. The molecule has 0 bridgehead atoms. The van der Waals surface area contributed by atoms with Crippen molar-refractivity contribution in [1.29, 1.82) is 0 Å². The molecule has 1 aliphatic rings. The zero-order valence-corrected chi connectivity index (χ0v) is 19.0. The van der Waals surface area contributed by atoms with Crippen LogP contribution < -0.4 is 10.6 Å². The summed E-state index contributed by atoms with van der Waals surface area (Å²) in [6.45, 7) is 4.16. The van der Waals surface area contributed by atoms with Crippen molar-refractivity contribution in [2.24, 2.45) is 0 Å². The maximum atomic E-state index is 12.6. The average molecular weight is 441 g/mol. The molecule has 2 N–H and O–H groups in total. The number of carbonyl (C=O) groups excluding carboxylic acids is 1. The van der Waals surface area contributed by atoms with E-state index >= 15 is 0 Å². The van der Waals surface area contributed by atoms with Crippen LogP contribution in [-0.2, 0) is 0 Å². The third-order valence-electron chi connectivity index (χ3n) is 5.86. The summed E-state index contributed by atoms with van der Waals surface area (Å²) in [5.74, 6) is -0.0219. The van der Waals surface area contributed by atoms with Gasteiger partial charge in [-0.05, 0) is 92.5 Å². The van der Waals surface area contributed by atoms with E-state index in [1.807, 2.05) is 48.5 Å². The van der Waals surface area contributed by atoms with Gasteiger partial charge in [0.2, 0.25) is 0 Å². The predicted molar refractivity (Wildman–Crippen MR) is 137 cm³/mol. The number of rotatable bonds is 9. The Hall–Kier alpha value is -3.44. The van der Waals surface area contributed by atoms with E-state index in [0.29, 0.717) is 12.1 Å². The Balaban J connectivity index is 1.30. The van der Waals surface area contributed by atoms with Crippen LogP contribution in [0.25, 0.3) is 12.2 Å². The summed E-state index contributed by atoms with van der Waals surface area (Å²) in [7, 11) is 0. The summed E-state index contributed by atoms with van der Waals surface area (Å²) >= 11 is 0. The smallest absolute Gasteiger partial charge is 0.251 e. The molecule has 1 fully saturated rings. The van der Waals surface area contributed by atoms with Gasteiger partial charge in [-0.1, -0.05) is 36.8 Å². The molecule has 33 heavy (non-hydrogen) atoms. The summed E-state index contributed by atoms with van der Waals surface area (Å²) in [6, 6.07) is 19.8. The molecule has 1 amide bonds. The zero-order chi connectivity index (χ0) is 22.7. The van der Waals surface area contributed by atoms with Crippen LogP contribution in [0.2, 0.25) is 0 Å². The second-order valence-electron chi connectivity index (χ2n) is 8.46. The van der Waals surface area contributed by atoms with Crippen LogP contribution in [0.3, 0.4) is 0 Å². The van der Waals surface area contributed by atoms with Gasteiger partial charge in [-0.2, -0.15) is 0 Å². The van der Waals surface area contributed by atoms with Crippen molar-refractivity contribution in [1.82, 2.24) is 15.2 Å². The Morgan fingerprint density at radius 3 is 2.42 bits per heavy atom. The maximum absolute atomic E-state index is 12.6. The third kappa shape index (κ3) is 7.29. The Labute approximate surface area is 196 Å². The predicted octanol–water partition coefficient (Wildman–Crippen LogP) is 5.60. The Bertz CT molecular complexity index is 1060. The molecule has 4 rings (SSSR count). The van der Waals surface area contributed by atoms with E-state index in [9.17, 15) is 4.79 Å². The maximum Gasteiger partial charge on any atom is 0.251 e. The molecule has 170 valence electrons. The second kappa shape index (κ2) is 12.0. The number of anilines is 2. The van der Waals surface area contributed by atoms with E-state index in [-0.39, 0.29) is 5.91 Å². The molecule has 0 aliphatic carbocycles. The number of nitrogens with zero attached hydrogens (tertiary/aromatic N) is 2. The summed E-state index contributed by atoms with van der Waals surface area (Å²) in [6.07, 6.45) is 12.7. The van der Waals surface area contributed by atoms with E-state index < -0.39 is 0 Å². The van der Waals surface area contributed by atoms with Crippen LogP contribution in [0.4, 0.5) is 11.4 Å². The SMILES string of the molecule is O=C(NCCCN1CCCCC1)c1cccc(Nc2cccc(C=Cc3ccncc3)c2)c1. The van der Waals surface area contributed by atoms with E-state index in [4.69, 9.17) is 0 Å². The topological polar surface area (TPSA) is 57.3 Å². The molecule has 0 saturated carbocycles. The van der Waals surface area contributed by atoms with Gasteiger partial charge in [0.15, 0.2) is 0 Å². The minimum atomic E-state index is -0.0219. The molecule has 0 spiro atoms. The van der Waals surface area contributed by atoms with Crippen molar-refractivity contribution in [3.05, 3.63) is 89.7 Å². The standard InChI is InChI=1S/C28H32N4O/c33-28(30-15-6-20-32-18-2-1-3-19-32)25-8-5-10-27(22-25)31-26-9-4-7-24(21-26)12-11-23-13-16-29-17-14-23/h4-5,7-14,16-17,21-22,31H,1-3,6,15,18-20H2,(H,30,33). The van der Waals surface area contributed by atoms with Gasteiger partial charge in [0, 0.05) is 35.9 Å². The monoisotopic (exact) mass is 440 g/mol. The highest BCUT2D eigenvalue weighted by Crippen LogP contribution is 2.20. The van der Waals surface area contributed by atoms with Crippen molar-refractivity contribution in [3.63, 3.8) is 0 Å². The summed E-state index contributed by atoms with van der Waals surface area (Å²) in [4.78, 5) is 19.2. The van der Waals surface area contributed by atoms with Crippen molar-refractivity contribution in [3.8, 4) is 0 Å². The molecule has 5 heteroatoms. The summed E-state index contributed by atoms with van der Waals surface area (Å²) in [5.41, 5.74) is 4.75. The minimum absolute atomic E-state index is 0.0219. The fourth-order valence-electron chi connectivity index (χ4n) is 4.08. The van der Waals surface area contributed by atoms with Crippen LogP contribution >= 0.6 is 0 Å². The van der Waals surface area contributed by atoms with E-state index in [0.717, 1.165) is 35.5 Å². The number of aromatic nitrogens is 1. The number of hydrogen-bond acceptors (Lipinski definition) is 4. The number of piperidine rings is 1. The van der Waals surface area contributed by atoms with Crippen LogP contribution in [-0.4, -0.2) is 42.0 Å². The van der Waals surface area contributed by atoms with Gasteiger partial charge >= 0.3 is 0 Å². The summed E-state index contributed by atoms with van der Waals surface area (Å²) < 4.78 is 0. The minimum Gasteiger partial charge on any atom is -0.355 e. The van der Waals surface area contributed by atoms with Crippen molar-refractivity contribution < 1.29 is 4.79 Å². The fourth-order valence-corrected chi connectivity index (χ4v) is 4.08.